The van der Waals surface area contributed by atoms with Crippen LogP contribution in [0.5, 0.6) is 17.2 Å². The van der Waals surface area contributed by atoms with Crippen LogP contribution in [0, 0.1) is 0 Å². The van der Waals surface area contributed by atoms with Gasteiger partial charge in [-0.3, -0.25) is 0 Å². The highest BCUT2D eigenvalue weighted by Crippen LogP contribution is 2.16. The Labute approximate surface area is 128 Å². The van der Waals surface area contributed by atoms with Crippen LogP contribution in [0.1, 0.15) is 6.92 Å². The van der Waals surface area contributed by atoms with Crippen LogP contribution < -0.4 is 14.2 Å². The molecule has 2 aromatic rings. The van der Waals surface area contributed by atoms with Crippen LogP contribution in [0.2, 0.25) is 0 Å². The summed E-state index contributed by atoms with van der Waals surface area (Å²) in [6.45, 7) is 2.66. The van der Waals surface area contributed by atoms with Gasteiger partial charge < -0.3 is 14.2 Å². The lowest BCUT2D eigenvalue weighted by Gasteiger charge is -2.03. The quantitative estimate of drug-likeness (QED) is 0.818. The zero-order valence-electron chi connectivity index (χ0n) is 11.9. The van der Waals surface area contributed by atoms with Crippen molar-refractivity contribution in [2.45, 2.75) is 6.92 Å². The maximum Gasteiger partial charge on any atom is 0.119 e. The van der Waals surface area contributed by atoms with E-state index in [-0.39, 0.29) is 0 Å². The molecule has 0 spiro atoms. The summed E-state index contributed by atoms with van der Waals surface area (Å²) in [4.78, 5) is 0. The molecular formula is C16H19BrO3. The standard InChI is InChI=1S/C9H12O2.C7H7BrO/c1-3-11-9-6-4-8(10-2)5-7-9;1-9-7-4-2-6(8)3-5-7/h4-7H,3H2,1-2H3;2-5H,1H3. The summed E-state index contributed by atoms with van der Waals surface area (Å²) in [5.74, 6) is 2.62. The summed E-state index contributed by atoms with van der Waals surface area (Å²) in [5.41, 5.74) is 0. The van der Waals surface area contributed by atoms with E-state index < -0.39 is 0 Å². The van der Waals surface area contributed by atoms with Crippen molar-refractivity contribution in [3.63, 3.8) is 0 Å². The molecule has 2 rings (SSSR count). The summed E-state index contributed by atoms with van der Waals surface area (Å²) in [6.07, 6.45) is 0. The van der Waals surface area contributed by atoms with Crippen molar-refractivity contribution in [3.05, 3.63) is 53.0 Å². The van der Waals surface area contributed by atoms with Crippen molar-refractivity contribution in [3.8, 4) is 17.2 Å². The van der Waals surface area contributed by atoms with Gasteiger partial charge in [0.05, 0.1) is 20.8 Å². The van der Waals surface area contributed by atoms with Crippen LogP contribution in [-0.4, -0.2) is 20.8 Å². The van der Waals surface area contributed by atoms with Crippen LogP contribution in [0.25, 0.3) is 0 Å². The monoisotopic (exact) mass is 338 g/mol. The fourth-order valence-electron chi connectivity index (χ4n) is 1.41. The molecule has 0 aliphatic rings. The molecule has 0 aliphatic carbocycles. The Morgan fingerprint density at radius 3 is 1.55 bits per heavy atom. The van der Waals surface area contributed by atoms with Crippen molar-refractivity contribution in [2.75, 3.05) is 20.8 Å². The van der Waals surface area contributed by atoms with E-state index in [0.717, 1.165) is 21.7 Å². The SMILES string of the molecule is CCOc1ccc(OC)cc1.COc1ccc(Br)cc1. The molecule has 20 heavy (non-hydrogen) atoms. The normalized spacial score (nSPS) is 9.20. The van der Waals surface area contributed by atoms with Gasteiger partial charge in [-0.25, -0.2) is 0 Å². The first kappa shape index (κ1) is 16.4. The van der Waals surface area contributed by atoms with Crippen molar-refractivity contribution in [1.29, 1.82) is 0 Å². The molecule has 0 unspecified atom stereocenters. The molecule has 0 saturated carbocycles. The lowest BCUT2D eigenvalue weighted by molar-refractivity contribution is 0.339. The highest BCUT2D eigenvalue weighted by atomic mass is 79.9. The molecule has 0 aliphatic heterocycles. The third kappa shape index (κ3) is 5.97. The van der Waals surface area contributed by atoms with Gasteiger partial charge in [0.25, 0.3) is 0 Å². The average molecular weight is 339 g/mol. The van der Waals surface area contributed by atoms with E-state index in [1.165, 1.54) is 0 Å². The maximum absolute atomic E-state index is 5.25. The third-order valence-electron chi connectivity index (χ3n) is 2.42. The Morgan fingerprint density at radius 1 is 0.750 bits per heavy atom. The van der Waals surface area contributed by atoms with E-state index >= 15 is 0 Å². The van der Waals surface area contributed by atoms with Crippen molar-refractivity contribution < 1.29 is 14.2 Å². The van der Waals surface area contributed by atoms with Gasteiger partial charge in [-0.1, -0.05) is 15.9 Å². The average Bonchev–Trinajstić information content (AvgIpc) is 2.50. The van der Waals surface area contributed by atoms with Gasteiger partial charge in [0.2, 0.25) is 0 Å². The second kappa shape index (κ2) is 9.26. The molecule has 0 radical (unpaired) electrons. The second-order valence-electron chi connectivity index (χ2n) is 3.77. The second-order valence-corrected chi connectivity index (χ2v) is 4.68. The fraction of sp³-hybridized carbons (Fsp3) is 0.250. The fourth-order valence-corrected chi connectivity index (χ4v) is 1.67. The largest absolute Gasteiger partial charge is 0.497 e. The van der Waals surface area contributed by atoms with Gasteiger partial charge in [0.15, 0.2) is 0 Å². The molecule has 0 amide bonds. The zero-order valence-corrected chi connectivity index (χ0v) is 13.5. The van der Waals surface area contributed by atoms with E-state index in [2.05, 4.69) is 15.9 Å². The third-order valence-corrected chi connectivity index (χ3v) is 2.95. The van der Waals surface area contributed by atoms with Gasteiger partial charge in [-0.15, -0.1) is 0 Å². The van der Waals surface area contributed by atoms with Gasteiger partial charge in [-0.2, -0.15) is 0 Å². The van der Waals surface area contributed by atoms with Crippen molar-refractivity contribution in [1.82, 2.24) is 0 Å². The number of ether oxygens (including phenoxy) is 3. The molecule has 108 valence electrons. The zero-order chi connectivity index (χ0) is 14.8. The first-order chi connectivity index (χ1) is 9.69. The summed E-state index contributed by atoms with van der Waals surface area (Å²) < 4.78 is 16.3. The van der Waals surface area contributed by atoms with E-state index in [4.69, 9.17) is 14.2 Å². The molecule has 0 aromatic heterocycles. The minimum Gasteiger partial charge on any atom is -0.497 e. The number of rotatable bonds is 4. The Hall–Kier alpha value is -1.68. The molecule has 0 N–H and O–H groups in total. The summed E-state index contributed by atoms with van der Waals surface area (Å²) in [6, 6.07) is 15.2. The molecule has 0 heterocycles. The molecular weight excluding hydrogens is 320 g/mol. The van der Waals surface area contributed by atoms with E-state index in [0.29, 0.717) is 6.61 Å². The Morgan fingerprint density at radius 2 is 1.15 bits per heavy atom. The highest BCUT2D eigenvalue weighted by molar-refractivity contribution is 9.10. The van der Waals surface area contributed by atoms with E-state index in [9.17, 15) is 0 Å². The van der Waals surface area contributed by atoms with Crippen LogP contribution in [-0.2, 0) is 0 Å². The minimum absolute atomic E-state index is 0.701. The van der Waals surface area contributed by atoms with Crippen LogP contribution in [0.4, 0.5) is 0 Å². The van der Waals surface area contributed by atoms with Gasteiger partial charge in [0.1, 0.15) is 17.2 Å². The Bertz CT molecular complexity index is 480. The van der Waals surface area contributed by atoms with Crippen LogP contribution in [0.15, 0.2) is 53.0 Å². The predicted molar refractivity (Wildman–Crippen MR) is 84.9 cm³/mol. The van der Waals surface area contributed by atoms with Crippen LogP contribution >= 0.6 is 15.9 Å². The summed E-state index contributed by atoms with van der Waals surface area (Å²) in [7, 11) is 3.30. The van der Waals surface area contributed by atoms with E-state index in [1.54, 1.807) is 14.2 Å². The molecule has 4 heteroatoms. The smallest absolute Gasteiger partial charge is 0.119 e. The number of benzene rings is 2. The Balaban J connectivity index is 0.000000204. The van der Waals surface area contributed by atoms with Crippen molar-refractivity contribution >= 4 is 15.9 Å². The number of hydrogen-bond acceptors (Lipinski definition) is 3. The Kier molecular flexibility index (Phi) is 7.58. The molecule has 0 saturated heterocycles. The van der Waals surface area contributed by atoms with Gasteiger partial charge >= 0.3 is 0 Å². The van der Waals surface area contributed by atoms with E-state index in [1.807, 2.05) is 55.5 Å². The van der Waals surface area contributed by atoms with Gasteiger partial charge in [-0.05, 0) is 55.5 Å². The number of methoxy groups -OCH3 is 2. The molecule has 0 atom stereocenters. The maximum atomic E-state index is 5.25. The number of hydrogen-bond donors (Lipinski definition) is 0. The predicted octanol–water partition coefficient (Wildman–Crippen LogP) is 4.55. The lowest BCUT2D eigenvalue weighted by Crippen LogP contribution is -1.90. The molecule has 2 aromatic carbocycles. The minimum atomic E-state index is 0.701. The number of halogens is 1. The summed E-state index contributed by atoms with van der Waals surface area (Å²) >= 11 is 3.32. The highest BCUT2D eigenvalue weighted by Gasteiger charge is 1.91. The first-order valence-corrected chi connectivity index (χ1v) is 7.05. The lowest BCUT2D eigenvalue weighted by atomic mass is 10.3. The topological polar surface area (TPSA) is 27.7 Å². The summed E-state index contributed by atoms with van der Waals surface area (Å²) in [5, 5.41) is 0. The van der Waals surface area contributed by atoms with Gasteiger partial charge in [0, 0.05) is 4.47 Å². The molecule has 0 bridgehead atoms. The van der Waals surface area contributed by atoms with Crippen LogP contribution in [0.3, 0.4) is 0 Å². The molecule has 3 nitrogen and oxygen atoms in total. The van der Waals surface area contributed by atoms with Crippen molar-refractivity contribution in [2.24, 2.45) is 0 Å². The first-order valence-electron chi connectivity index (χ1n) is 6.26. The molecule has 0 fully saturated rings.